The van der Waals surface area contributed by atoms with Crippen molar-refractivity contribution < 1.29 is 19.1 Å². The molecule has 0 aliphatic carbocycles. The zero-order chi connectivity index (χ0) is 23.1. The lowest BCUT2D eigenvalue weighted by Crippen LogP contribution is -2.28. The van der Waals surface area contributed by atoms with Crippen molar-refractivity contribution >= 4 is 29.2 Å². The van der Waals surface area contributed by atoms with Crippen LogP contribution in [0.15, 0.2) is 48.8 Å². The Kier molecular flexibility index (Phi) is 7.45. The van der Waals surface area contributed by atoms with Gasteiger partial charge in [0.2, 0.25) is 5.88 Å². The number of methoxy groups -OCH3 is 1. The van der Waals surface area contributed by atoms with Gasteiger partial charge < -0.3 is 25.4 Å². The first kappa shape index (κ1) is 22.8. The van der Waals surface area contributed by atoms with Crippen molar-refractivity contribution in [3.63, 3.8) is 0 Å². The summed E-state index contributed by atoms with van der Waals surface area (Å²) in [5.41, 5.74) is 2.37. The highest BCUT2D eigenvalue weighted by molar-refractivity contribution is 6.30. The second-order valence-electron chi connectivity index (χ2n) is 6.68. The van der Waals surface area contributed by atoms with Gasteiger partial charge in [0.15, 0.2) is 0 Å². The Labute approximate surface area is 190 Å². The minimum absolute atomic E-state index is 0.262. The molecule has 3 aromatic rings. The summed E-state index contributed by atoms with van der Waals surface area (Å²) in [5, 5.41) is 8.34. The van der Waals surface area contributed by atoms with E-state index < -0.39 is 6.03 Å². The fourth-order valence-electron chi connectivity index (χ4n) is 2.82. The zero-order valence-electron chi connectivity index (χ0n) is 17.7. The first-order valence-electron chi connectivity index (χ1n) is 9.59. The summed E-state index contributed by atoms with van der Waals surface area (Å²) < 4.78 is 11.0. The number of aromatic nitrogens is 2. The number of nitrogens with zero attached hydrogens (tertiary/aromatic N) is 2. The molecule has 2 aromatic heterocycles. The van der Waals surface area contributed by atoms with Gasteiger partial charge in [0.25, 0.3) is 5.91 Å². The number of aryl methyl sites for hydroxylation is 1. The third kappa shape index (κ3) is 5.86. The van der Waals surface area contributed by atoms with Crippen LogP contribution in [-0.4, -0.2) is 36.1 Å². The maximum atomic E-state index is 12.3. The Morgan fingerprint density at radius 2 is 1.94 bits per heavy atom. The first-order valence-corrected chi connectivity index (χ1v) is 9.97. The Morgan fingerprint density at radius 1 is 1.12 bits per heavy atom. The molecule has 1 aromatic carbocycles. The normalized spacial score (nSPS) is 10.2. The summed E-state index contributed by atoms with van der Waals surface area (Å²) >= 11 is 5.93. The van der Waals surface area contributed by atoms with Crippen LogP contribution in [0.5, 0.6) is 17.4 Å². The Hall–Kier alpha value is -3.85. The van der Waals surface area contributed by atoms with E-state index in [-0.39, 0.29) is 17.5 Å². The third-order valence-electron chi connectivity index (χ3n) is 4.37. The van der Waals surface area contributed by atoms with E-state index in [1.165, 1.54) is 26.6 Å². The first-order chi connectivity index (χ1) is 15.4. The lowest BCUT2D eigenvalue weighted by molar-refractivity contribution is 0.0958. The van der Waals surface area contributed by atoms with E-state index in [2.05, 4.69) is 25.9 Å². The molecule has 32 heavy (non-hydrogen) atoms. The smallest absolute Gasteiger partial charge is 0.319 e. The average molecular weight is 456 g/mol. The Bertz CT molecular complexity index is 1140. The molecule has 0 bridgehead atoms. The van der Waals surface area contributed by atoms with Gasteiger partial charge in [-0.1, -0.05) is 23.7 Å². The van der Waals surface area contributed by atoms with Gasteiger partial charge in [-0.15, -0.1) is 0 Å². The molecule has 0 unspecified atom stereocenters. The summed E-state index contributed by atoms with van der Waals surface area (Å²) in [6, 6.07) is 9.90. The average Bonchev–Trinajstić information content (AvgIpc) is 2.79. The number of pyridine rings is 2. The van der Waals surface area contributed by atoms with E-state index in [1.54, 1.807) is 24.3 Å². The molecule has 2 heterocycles. The number of carbonyl (C=O) groups is 2. The van der Waals surface area contributed by atoms with Crippen LogP contribution in [0.25, 0.3) is 0 Å². The highest BCUT2D eigenvalue weighted by atomic mass is 35.5. The molecule has 10 heteroatoms. The minimum Gasteiger partial charge on any atom is -0.480 e. The van der Waals surface area contributed by atoms with Crippen molar-refractivity contribution in [1.29, 1.82) is 0 Å². The molecule has 0 aliphatic heterocycles. The number of urea groups is 1. The standard InChI is InChI=1S/C22H22ClN5O4/c1-13-8-14(11-27-22(30)28-18-9-15(23)12-26-21(18)31-3)4-5-19(13)32-16-6-7-25-17(10-16)20(29)24-2/h4-10,12H,11H2,1-3H3,(H,24,29)(H2,27,28,30). The van der Waals surface area contributed by atoms with Crippen molar-refractivity contribution in [2.45, 2.75) is 13.5 Å². The molecule has 0 saturated carbocycles. The van der Waals surface area contributed by atoms with Crippen LogP contribution in [0.2, 0.25) is 5.02 Å². The minimum atomic E-state index is -0.427. The number of carbonyl (C=O) groups excluding carboxylic acids is 2. The van der Waals surface area contributed by atoms with Gasteiger partial charge >= 0.3 is 6.03 Å². The van der Waals surface area contributed by atoms with Crippen molar-refractivity contribution in [3.8, 4) is 17.4 Å². The quantitative estimate of drug-likeness (QED) is 0.497. The van der Waals surface area contributed by atoms with Crippen LogP contribution in [0.1, 0.15) is 21.6 Å². The number of hydrogen-bond donors (Lipinski definition) is 3. The highest BCUT2D eigenvalue weighted by Crippen LogP contribution is 2.26. The molecule has 0 atom stereocenters. The monoisotopic (exact) mass is 455 g/mol. The van der Waals surface area contributed by atoms with Crippen molar-refractivity contribution in [3.05, 3.63) is 70.6 Å². The van der Waals surface area contributed by atoms with Crippen LogP contribution in [0.4, 0.5) is 10.5 Å². The van der Waals surface area contributed by atoms with Crippen LogP contribution in [0, 0.1) is 6.92 Å². The highest BCUT2D eigenvalue weighted by Gasteiger charge is 2.11. The number of rotatable bonds is 7. The van der Waals surface area contributed by atoms with Gasteiger partial charge in [-0.25, -0.2) is 9.78 Å². The van der Waals surface area contributed by atoms with Gasteiger partial charge in [-0.05, 0) is 36.2 Å². The van der Waals surface area contributed by atoms with E-state index in [4.69, 9.17) is 21.1 Å². The predicted octanol–water partition coefficient (Wildman–Crippen LogP) is 3.92. The molecule has 0 aliphatic rings. The van der Waals surface area contributed by atoms with E-state index in [9.17, 15) is 9.59 Å². The predicted molar refractivity (Wildman–Crippen MR) is 121 cm³/mol. The fraction of sp³-hybridized carbons (Fsp3) is 0.182. The van der Waals surface area contributed by atoms with Gasteiger partial charge in [0, 0.05) is 32.1 Å². The molecular weight excluding hydrogens is 434 g/mol. The number of benzene rings is 1. The largest absolute Gasteiger partial charge is 0.480 e. The van der Waals surface area contributed by atoms with Crippen molar-refractivity contribution in [2.24, 2.45) is 0 Å². The molecule has 3 N–H and O–H groups in total. The SMILES string of the molecule is CNC(=O)c1cc(Oc2ccc(CNC(=O)Nc3cc(Cl)cnc3OC)cc2C)ccn1. The molecule has 0 radical (unpaired) electrons. The van der Waals surface area contributed by atoms with Crippen LogP contribution >= 0.6 is 11.6 Å². The lowest BCUT2D eigenvalue weighted by Gasteiger charge is -2.13. The van der Waals surface area contributed by atoms with Crippen LogP contribution in [0.3, 0.4) is 0 Å². The summed E-state index contributed by atoms with van der Waals surface area (Å²) in [4.78, 5) is 32.0. The Morgan fingerprint density at radius 3 is 2.66 bits per heavy atom. The number of ether oxygens (including phenoxy) is 2. The molecule has 0 fully saturated rings. The van der Waals surface area contributed by atoms with E-state index in [0.717, 1.165) is 11.1 Å². The van der Waals surface area contributed by atoms with E-state index in [1.807, 2.05) is 19.1 Å². The van der Waals surface area contributed by atoms with E-state index in [0.29, 0.717) is 28.8 Å². The fourth-order valence-corrected chi connectivity index (χ4v) is 2.98. The number of halogens is 1. The summed E-state index contributed by atoms with van der Waals surface area (Å²) in [6.07, 6.45) is 2.94. The van der Waals surface area contributed by atoms with Crippen LogP contribution in [-0.2, 0) is 6.54 Å². The van der Waals surface area contributed by atoms with Gasteiger partial charge in [-0.3, -0.25) is 9.78 Å². The number of amides is 3. The maximum Gasteiger partial charge on any atom is 0.319 e. The second kappa shape index (κ2) is 10.5. The topological polar surface area (TPSA) is 114 Å². The van der Waals surface area contributed by atoms with Crippen molar-refractivity contribution in [1.82, 2.24) is 20.6 Å². The molecule has 9 nitrogen and oxygen atoms in total. The molecular formula is C22H22ClN5O4. The molecule has 0 saturated heterocycles. The summed E-state index contributed by atoms with van der Waals surface area (Å²) in [5.74, 6) is 1.09. The van der Waals surface area contributed by atoms with Crippen molar-refractivity contribution in [2.75, 3.05) is 19.5 Å². The maximum absolute atomic E-state index is 12.3. The van der Waals surface area contributed by atoms with E-state index >= 15 is 0 Å². The lowest BCUT2D eigenvalue weighted by atomic mass is 10.1. The number of nitrogens with one attached hydrogen (secondary N) is 3. The molecule has 166 valence electrons. The second-order valence-corrected chi connectivity index (χ2v) is 7.11. The third-order valence-corrected chi connectivity index (χ3v) is 4.58. The van der Waals surface area contributed by atoms with Gasteiger partial charge in [0.05, 0.1) is 12.1 Å². The molecule has 3 amide bonds. The number of hydrogen-bond acceptors (Lipinski definition) is 6. The summed E-state index contributed by atoms with van der Waals surface area (Å²) in [7, 11) is 2.99. The molecule has 0 spiro atoms. The number of anilines is 1. The zero-order valence-corrected chi connectivity index (χ0v) is 18.5. The van der Waals surface area contributed by atoms with Gasteiger partial charge in [-0.2, -0.15) is 0 Å². The van der Waals surface area contributed by atoms with Crippen LogP contribution < -0.4 is 25.4 Å². The summed E-state index contributed by atoms with van der Waals surface area (Å²) in [6.45, 7) is 2.18. The Balaban J connectivity index is 1.61. The van der Waals surface area contributed by atoms with Gasteiger partial charge in [0.1, 0.15) is 22.9 Å². The molecule has 3 rings (SSSR count).